The zero-order valence-corrected chi connectivity index (χ0v) is 15.8. The zero-order chi connectivity index (χ0) is 18.5. The molecule has 2 heterocycles. The molecule has 1 aliphatic rings. The van der Waals surface area contributed by atoms with Gasteiger partial charge in [0.05, 0.1) is 25.5 Å². The van der Waals surface area contributed by atoms with Gasteiger partial charge in [-0.1, -0.05) is 11.6 Å². The van der Waals surface area contributed by atoms with E-state index in [0.29, 0.717) is 42.6 Å². The summed E-state index contributed by atoms with van der Waals surface area (Å²) in [6.07, 6.45) is 5.42. The van der Waals surface area contributed by atoms with Crippen LogP contribution in [0.4, 0.5) is 0 Å². The van der Waals surface area contributed by atoms with Gasteiger partial charge in [0.15, 0.2) is 11.5 Å². The fourth-order valence-corrected chi connectivity index (χ4v) is 3.56. The summed E-state index contributed by atoms with van der Waals surface area (Å²) in [4.78, 5) is 10.6. The largest absolute Gasteiger partial charge is 0.493 e. The minimum Gasteiger partial charge on any atom is -0.493 e. The molecule has 1 saturated heterocycles. The van der Waals surface area contributed by atoms with Gasteiger partial charge in [0.25, 0.3) is 0 Å². The van der Waals surface area contributed by atoms with E-state index in [1.54, 1.807) is 31.8 Å². The van der Waals surface area contributed by atoms with E-state index in [1.165, 1.54) is 0 Å². The Morgan fingerprint density at radius 2 is 2.12 bits per heavy atom. The summed E-state index contributed by atoms with van der Waals surface area (Å²) in [5.41, 5.74) is 1.86. The predicted octanol–water partition coefficient (Wildman–Crippen LogP) is 2.57. The molecule has 3 rings (SSSR count). The van der Waals surface area contributed by atoms with Crippen molar-refractivity contribution in [2.45, 2.75) is 26.0 Å². The van der Waals surface area contributed by atoms with E-state index in [9.17, 15) is 5.11 Å². The number of ether oxygens (including phenoxy) is 2. The second-order valence-corrected chi connectivity index (χ2v) is 6.86. The lowest BCUT2D eigenvalue weighted by atomic mass is 10.0. The number of benzene rings is 1. The molecule has 0 spiro atoms. The van der Waals surface area contributed by atoms with Crippen LogP contribution in [0.2, 0.25) is 5.02 Å². The summed E-state index contributed by atoms with van der Waals surface area (Å²) < 4.78 is 11.0. The van der Waals surface area contributed by atoms with Crippen LogP contribution in [0, 0.1) is 5.92 Å². The van der Waals surface area contributed by atoms with Crippen LogP contribution in [0.3, 0.4) is 0 Å². The van der Waals surface area contributed by atoms with E-state index in [2.05, 4.69) is 14.9 Å². The van der Waals surface area contributed by atoms with E-state index < -0.39 is 0 Å². The molecule has 1 aliphatic heterocycles. The van der Waals surface area contributed by atoms with E-state index in [4.69, 9.17) is 21.1 Å². The third-order valence-electron chi connectivity index (χ3n) is 4.60. The van der Waals surface area contributed by atoms with Crippen LogP contribution in [-0.4, -0.2) is 52.9 Å². The average molecular weight is 378 g/mol. The van der Waals surface area contributed by atoms with Gasteiger partial charge in [0.1, 0.15) is 0 Å². The average Bonchev–Trinajstić information content (AvgIpc) is 2.97. The minimum atomic E-state index is -0.389. The van der Waals surface area contributed by atoms with Crippen molar-refractivity contribution in [2.24, 2.45) is 5.92 Å². The molecule has 6 nitrogen and oxygen atoms in total. The molecule has 1 N–H and O–H groups in total. The highest BCUT2D eigenvalue weighted by Gasteiger charge is 2.32. The highest BCUT2D eigenvalue weighted by atomic mass is 35.5. The molecule has 2 aromatic rings. The molecule has 0 bridgehead atoms. The van der Waals surface area contributed by atoms with Gasteiger partial charge in [-0.25, -0.2) is 0 Å². The number of hydrogen-bond donors (Lipinski definition) is 1. The van der Waals surface area contributed by atoms with Crippen molar-refractivity contribution in [1.29, 1.82) is 0 Å². The first-order valence-electron chi connectivity index (χ1n) is 8.75. The summed E-state index contributed by atoms with van der Waals surface area (Å²) in [6, 6.07) is 3.71. The number of nitrogens with zero attached hydrogens (tertiary/aromatic N) is 3. The quantitative estimate of drug-likeness (QED) is 0.799. The van der Waals surface area contributed by atoms with Crippen molar-refractivity contribution in [3.8, 4) is 11.5 Å². The van der Waals surface area contributed by atoms with Gasteiger partial charge in [-0.3, -0.25) is 14.9 Å². The summed E-state index contributed by atoms with van der Waals surface area (Å²) in [5.74, 6) is 1.45. The van der Waals surface area contributed by atoms with Crippen LogP contribution < -0.4 is 9.47 Å². The SMILES string of the molecule is CCOc1cc(CN2CC(O)C(Cc3cnccn3)C2)c(Cl)cc1OC. The van der Waals surface area contributed by atoms with Crippen molar-refractivity contribution in [3.05, 3.63) is 47.0 Å². The van der Waals surface area contributed by atoms with E-state index in [-0.39, 0.29) is 12.0 Å². The van der Waals surface area contributed by atoms with Gasteiger partial charge in [-0.2, -0.15) is 0 Å². The summed E-state index contributed by atoms with van der Waals surface area (Å²) in [7, 11) is 1.60. The highest BCUT2D eigenvalue weighted by Crippen LogP contribution is 2.34. The molecule has 0 saturated carbocycles. The van der Waals surface area contributed by atoms with Crippen LogP contribution in [0.25, 0.3) is 0 Å². The normalized spacial score (nSPS) is 20.3. The van der Waals surface area contributed by atoms with E-state index in [0.717, 1.165) is 17.8 Å². The van der Waals surface area contributed by atoms with Crippen molar-refractivity contribution >= 4 is 11.6 Å². The Kier molecular flexibility index (Phi) is 6.29. The fourth-order valence-electron chi connectivity index (χ4n) is 3.34. The van der Waals surface area contributed by atoms with Crippen molar-refractivity contribution in [1.82, 2.24) is 14.9 Å². The van der Waals surface area contributed by atoms with Crippen LogP contribution in [0.1, 0.15) is 18.2 Å². The Labute approximate surface area is 158 Å². The second kappa shape index (κ2) is 8.66. The van der Waals surface area contributed by atoms with Crippen molar-refractivity contribution < 1.29 is 14.6 Å². The van der Waals surface area contributed by atoms with Crippen LogP contribution >= 0.6 is 11.6 Å². The Bertz CT molecular complexity index is 729. The maximum Gasteiger partial charge on any atom is 0.162 e. The first kappa shape index (κ1) is 18.9. The fraction of sp³-hybridized carbons (Fsp3) is 0.474. The summed E-state index contributed by atoms with van der Waals surface area (Å²) >= 11 is 6.42. The van der Waals surface area contributed by atoms with E-state index >= 15 is 0 Å². The van der Waals surface area contributed by atoms with Crippen LogP contribution in [-0.2, 0) is 13.0 Å². The Hall–Kier alpha value is -1.89. The Morgan fingerprint density at radius 1 is 1.27 bits per heavy atom. The maximum atomic E-state index is 10.4. The zero-order valence-electron chi connectivity index (χ0n) is 15.1. The number of likely N-dealkylation sites (tertiary alicyclic amines) is 1. The lowest BCUT2D eigenvalue weighted by Crippen LogP contribution is -2.21. The number of methoxy groups -OCH3 is 1. The number of aliphatic hydroxyl groups is 1. The van der Waals surface area contributed by atoms with Crippen molar-refractivity contribution in [3.63, 3.8) is 0 Å². The lowest BCUT2D eigenvalue weighted by molar-refractivity contribution is 0.140. The number of aliphatic hydroxyl groups excluding tert-OH is 1. The molecule has 140 valence electrons. The second-order valence-electron chi connectivity index (χ2n) is 6.45. The number of hydrogen-bond acceptors (Lipinski definition) is 6. The Morgan fingerprint density at radius 3 is 2.81 bits per heavy atom. The van der Waals surface area contributed by atoms with E-state index in [1.807, 2.05) is 13.0 Å². The molecule has 2 unspecified atom stereocenters. The standard InChI is InChI=1S/C19H24ClN3O3/c1-3-26-19-7-13(16(20)8-18(19)25-2)10-23-11-14(17(24)12-23)6-15-9-21-4-5-22-15/h4-5,7-9,14,17,24H,3,6,10-12H2,1-2H3. The molecule has 0 aliphatic carbocycles. The summed E-state index contributed by atoms with van der Waals surface area (Å²) in [6.45, 7) is 4.53. The molecule has 2 atom stereocenters. The van der Waals surface area contributed by atoms with Crippen LogP contribution in [0.15, 0.2) is 30.7 Å². The summed E-state index contributed by atoms with van der Waals surface area (Å²) in [5, 5.41) is 11.1. The smallest absolute Gasteiger partial charge is 0.162 e. The molecule has 1 aromatic carbocycles. The number of halogens is 1. The van der Waals surface area contributed by atoms with Gasteiger partial charge in [-0.05, 0) is 25.0 Å². The molecule has 26 heavy (non-hydrogen) atoms. The molecule has 0 radical (unpaired) electrons. The first-order valence-corrected chi connectivity index (χ1v) is 9.13. The molecule has 7 heteroatoms. The highest BCUT2D eigenvalue weighted by molar-refractivity contribution is 6.31. The molecular formula is C19H24ClN3O3. The predicted molar refractivity (Wildman–Crippen MR) is 99.7 cm³/mol. The third-order valence-corrected chi connectivity index (χ3v) is 4.95. The third kappa shape index (κ3) is 4.44. The topological polar surface area (TPSA) is 67.7 Å². The molecule has 1 fully saturated rings. The van der Waals surface area contributed by atoms with Gasteiger partial charge in [0.2, 0.25) is 0 Å². The monoisotopic (exact) mass is 377 g/mol. The van der Waals surface area contributed by atoms with Gasteiger partial charge in [0, 0.05) is 55.2 Å². The first-order chi connectivity index (χ1) is 12.6. The minimum absolute atomic E-state index is 0.134. The van der Waals surface area contributed by atoms with Crippen LogP contribution in [0.5, 0.6) is 11.5 Å². The number of aromatic nitrogens is 2. The number of β-amino-alcohol motifs (C(OH)–C–C–N with tert-alkyl or cyclic N) is 1. The lowest BCUT2D eigenvalue weighted by Gasteiger charge is -2.18. The molecular weight excluding hydrogens is 354 g/mol. The molecule has 0 amide bonds. The number of rotatable bonds is 7. The maximum absolute atomic E-state index is 10.4. The van der Waals surface area contributed by atoms with Crippen molar-refractivity contribution in [2.75, 3.05) is 26.8 Å². The molecule has 1 aromatic heterocycles. The van der Waals surface area contributed by atoms with Gasteiger partial charge >= 0.3 is 0 Å². The van der Waals surface area contributed by atoms with Gasteiger partial charge in [-0.15, -0.1) is 0 Å². The van der Waals surface area contributed by atoms with Gasteiger partial charge < -0.3 is 14.6 Å². The Balaban J connectivity index is 1.68.